The maximum Gasteiger partial charge on any atom is 0.416 e. The summed E-state index contributed by atoms with van der Waals surface area (Å²) >= 11 is 0. The number of carbonyl (C=O) groups is 2. The van der Waals surface area contributed by atoms with E-state index in [2.05, 4.69) is 58.4 Å². The molecule has 3 atom stereocenters. The van der Waals surface area contributed by atoms with Gasteiger partial charge in [-0.2, -0.15) is 13.2 Å². The number of alkyl halides is 3. The summed E-state index contributed by atoms with van der Waals surface area (Å²) in [5.74, 6) is -0.740. The van der Waals surface area contributed by atoms with Gasteiger partial charge in [-0.25, -0.2) is 0 Å². The van der Waals surface area contributed by atoms with E-state index in [0.717, 1.165) is 35.6 Å². The lowest BCUT2D eigenvalue weighted by atomic mass is 9.98. The first-order valence-corrected chi connectivity index (χ1v) is 17.2. The van der Waals surface area contributed by atoms with E-state index < -0.39 is 29.8 Å². The Morgan fingerprint density at radius 3 is 2.24 bits per heavy atom. The zero-order chi connectivity index (χ0) is 36.7. The van der Waals surface area contributed by atoms with Crippen LogP contribution in [0.25, 0.3) is 0 Å². The Morgan fingerprint density at radius 1 is 0.961 bits per heavy atom. The predicted molar refractivity (Wildman–Crippen MR) is 193 cm³/mol. The molecule has 2 amide bonds. The summed E-state index contributed by atoms with van der Waals surface area (Å²) < 4.78 is 45.7. The first-order chi connectivity index (χ1) is 24.4. The Kier molecular flexibility index (Phi) is 12.0. The lowest BCUT2D eigenvalue weighted by molar-refractivity contribution is -0.137. The van der Waals surface area contributed by atoms with Gasteiger partial charge in [0.1, 0.15) is 6.10 Å². The highest BCUT2D eigenvalue weighted by molar-refractivity contribution is 6.02. The first kappa shape index (κ1) is 37.4. The van der Waals surface area contributed by atoms with Gasteiger partial charge in [0.05, 0.1) is 35.9 Å². The molecule has 8 nitrogen and oxygen atoms in total. The molecule has 0 aliphatic carbocycles. The van der Waals surface area contributed by atoms with Crippen LogP contribution < -0.4 is 15.0 Å². The van der Waals surface area contributed by atoms with Gasteiger partial charge < -0.3 is 25.0 Å². The second kappa shape index (κ2) is 16.4. The SMILES string of the molecule is CCN(c1ccccc1)c1ccc(CN(C)C[C@H]2Oc3c(NC(=O)Cc4ccc(C(F)(F)F)cc4)cccc3C(=O)N([C@@H](C)CO)C[C@H]2C)cc1. The molecule has 0 saturated carbocycles. The molecule has 11 heteroatoms. The van der Waals surface area contributed by atoms with Gasteiger partial charge in [-0.05, 0) is 80.6 Å². The van der Waals surface area contributed by atoms with E-state index in [4.69, 9.17) is 4.74 Å². The summed E-state index contributed by atoms with van der Waals surface area (Å²) in [6, 6.07) is 27.6. The summed E-state index contributed by atoms with van der Waals surface area (Å²) in [7, 11) is 2.00. The van der Waals surface area contributed by atoms with Gasteiger partial charge in [-0.3, -0.25) is 14.5 Å². The molecule has 0 aromatic heterocycles. The fourth-order valence-corrected chi connectivity index (χ4v) is 6.34. The van der Waals surface area contributed by atoms with Crippen molar-refractivity contribution in [1.29, 1.82) is 0 Å². The molecule has 270 valence electrons. The number of aliphatic hydroxyl groups is 1. The van der Waals surface area contributed by atoms with Crippen LogP contribution in [0.2, 0.25) is 0 Å². The van der Waals surface area contributed by atoms with Gasteiger partial charge in [-0.1, -0.05) is 55.5 Å². The van der Waals surface area contributed by atoms with Crippen LogP contribution in [-0.2, 0) is 23.9 Å². The fraction of sp³-hybridized carbons (Fsp3) is 0.350. The summed E-state index contributed by atoms with van der Waals surface area (Å²) in [6.45, 7) is 7.99. The Morgan fingerprint density at radius 2 is 1.61 bits per heavy atom. The van der Waals surface area contributed by atoms with E-state index in [-0.39, 0.29) is 41.9 Å². The van der Waals surface area contributed by atoms with E-state index in [1.165, 1.54) is 12.1 Å². The van der Waals surface area contributed by atoms with Gasteiger partial charge in [0.25, 0.3) is 5.91 Å². The standard InChI is InChI=1S/C40H45F3N4O4/c1-5-46(32-10-7-6-8-11-32)33-20-16-30(17-21-33)24-45(4)25-36-27(2)23-47(28(3)26-48)39(50)34-12-9-13-35(38(34)51-36)44-37(49)22-29-14-18-31(19-15-29)40(41,42)43/h6-21,27-28,36,48H,5,22-26H2,1-4H3,(H,44,49)/t27-,28+,36-/m1/s1. The van der Waals surface area contributed by atoms with Gasteiger partial charge >= 0.3 is 6.18 Å². The molecular weight excluding hydrogens is 657 g/mol. The predicted octanol–water partition coefficient (Wildman–Crippen LogP) is 7.40. The highest BCUT2D eigenvalue weighted by Gasteiger charge is 2.35. The number of fused-ring (bicyclic) bond motifs is 1. The highest BCUT2D eigenvalue weighted by atomic mass is 19.4. The van der Waals surface area contributed by atoms with Crippen LogP contribution in [0.5, 0.6) is 5.75 Å². The maximum absolute atomic E-state index is 13.9. The van der Waals surface area contributed by atoms with E-state index >= 15 is 0 Å². The molecule has 1 heterocycles. The number of nitrogens with one attached hydrogen (secondary N) is 1. The van der Waals surface area contributed by atoms with Crippen LogP contribution in [0.1, 0.15) is 47.8 Å². The van der Waals surface area contributed by atoms with Crippen molar-refractivity contribution < 1.29 is 32.6 Å². The number of hydrogen-bond donors (Lipinski definition) is 2. The molecule has 0 unspecified atom stereocenters. The van der Waals surface area contributed by atoms with E-state index in [1.807, 2.05) is 32.2 Å². The van der Waals surface area contributed by atoms with Gasteiger partial charge in [-0.15, -0.1) is 0 Å². The van der Waals surface area contributed by atoms with Crippen LogP contribution in [0, 0.1) is 5.92 Å². The van der Waals surface area contributed by atoms with Crippen molar-refractivity contribution in [3.8, 4) is 5.75 Å². The molecule has 51 heavy (non-hydrogen) atoms. The number of carbonyl (C=O) groups excluding carboxylic acids is 2. The molecule has 4 aromatic carbocycles. The largest absolute Gasteiger partial charge is 0.486 e. The van der Waals surface area contributed by atoms with E-state index in [1.54, 1.807) is 30.0 Å². The number of nitrogens with zero attached hydrogens (tertiary/aromatic N) is 3. The molecule has 0 saturated heterocycles. The Hall–Kier alpha value is -4.87. The maximum atomic E-state index is 13.9. The summed E-state index contributed by atoms with van der Waals surface area (Å²) in [6.07, 6.45) is -5.06. The zero-order valence-electron chi connectivity index (χ0n) is 29.4. The van der Waals surface area contributed by atoms with Crippen molar-refractivity contribution in [3.05, 3.63) is 119 Å². The van der Waals surface area contributed by atoms with Gasteiger partial charge in [0, 0.05) is 43.5 Å². The Bertz CT molecular complexity index is 1770. The molecule has 4 aromatic rings. The quantitative estimate of drug-likeness (QED) is 0.160. The van der Waals surface area contributed by atoms with Crippen molar-refractivity contribution in [2.45, 2.75) is 52.1 Å². The molecule has 0 fully saturated rings. The van der Waals surface area contributed by atoms with Gasteiger partial charge in [0.15, 0.2) is 5.75 Å². The molecule has 2 N–H and O–H groups in total. The number of amides is 2. The van der Waals surface area contributed by atoms with Crippen LogP contribution in [-0.4, -0.2) is 72.2 Å². The molecule has 0 bridgehead atoms. The van der Waals surface area contributed by atoms with Crippen molar-refractivity contribution in [3.63, 3.8) is 0 Å². The van der Waals surface area contributed by atoms with Crippen LogP contribution in [0.15, 0.2) is 97.1 Å². The third-order valence-electron chi connectivity index (χ3n) is 9.19. The fourth-order valence-electron chi connectivity index (χ4n) is 6.34. The number of para-hydroxylation sites is 2. The number of hydrogen-bond acceptors (Lipinski definition) is 6. The minimum absolute atomic E-state index is 0.152. The lowest BCUT2D eigenvalue weighted by Crippen LogP contribution is -2.49. The van der Waals surface area contributed by atoms with Crippen molar-refractivity contribution in [2.24, 2.45) is 5.92 Å². The van der Waals surface area contributed by atoms with E-state index in [9.17, 15) is 27.9 Å². The molecule has 0 spiro atoms. The number of aliphatic hydroxyl groups excluding tert-OH is 1. The summed E-state index contributed by atoms with van der Waals surface area (Å²) in [5.41, 5.74) is 3.48. The Labute approximate surface area is 297 Å². The average Bonchev–Trinajstić information content (AvgIpc) is 3.11. The molecule has 1 aliphatic heterocycles. The Balaban J connectivity index is 1.35. The molecule has 5 rings (SSSR count). The number of rotatable bonds is 12. The number of likely N-dealkylation sites (N-methyl/N-ethyl adjacent to an activating group) is 1. The monoisotopic (exact) mass is 702 g/mol. The average molecular weight is 703 g/mol. The third kappa shape index (κ3) is 9.28. The second-order valence-electron chi connectivity index (χ2n) is 13.2. The number of ether oxygens (including phenoxy) is 1. The number of benzene rings is 4. The number of anilines is 3. The number of halogens is 3. The molecule has 1 aliphatic rings. The van der Waals surface area contributed by atoms with Gasteiger partial charge in [0.2, 0.25) is 5.91 Å². The smallest absolute Gasteiger partial charge is 0.416 e. The van der Waals surface area contributed by atoms with Crippen molar-refractivity contribution in [1.82, 2.24) is 9.80 Å². The van der Waals surface area contributed by atoms with Crippen LogP contribution in [0.3, 0.4) is 0 Å². The lowest BCUT2D eigenvalue weighted by Gasteiger charge is -2.38. The summed E-state index contributed by atoms with van der Waals surface area (Å²) in [5, 5.41) is 12.9. The van der Waals surface area contributed by atoms with E-state index in [0.29, 0.717) is 25.2 Å². The minimum Gasteiger partial charge on any atom is -0.486 e. The topological polar surface area (TPSA) is 85.4 Å². The molecule has 0 radical (unpaired) electrons. The second-order valence-corrected chi connectivity index (χ2v) is 13.2. The van der Waals surface area contributed by atoms with Crippen molar-refractivity contribution in [2.75, 3.05) is 43.5 Å². The first-order valence-electron chi connectivity index (χ1n) is 17.2. The minimum atomic E-state index is -4.47. The van der Waals surface area contributed by atoms with Crippen molar-refractivity contribution >= 4 is 28.9 Å². The normalized spacial score (nSPS) is 16.9. The zero-order valence-corrected chi connectivity index (χ0v) is 29.4. The van der Waals surface area contributed by atoms with Crippen LogP contribution >= 0.6 is 0 Å². The van der Waals surface area contributed by atoms with Crippen LogP contribution in [0.4, 0.5) is 30.2 Å². The summed E-state index contributed by atoms with van der Waals surface area (Å²) in [4.78, 5) is 33.1. The third-order valence-corrected chi connectivity index (χ3v) is 9.19. The molecular formula is C40H45F3N4O4. The highest BCUT2D eigenvalue weighted by Crippen LogP contribution is 2.35.